The van der Waals surface area contributed by atoms with E-state index in [9.17, 15) is 0 Å². The van der Waals surface area contributed by atoms with Crippen molar-refractivity contribution in [1.29, 1.82) is 0 Å². The van der Waals surface area contributed by atoms with Gasteiger partial charge in [0, 0.05) is 33.6 Å². The minimum absolute atomic E-state index is 0.704. The maximum Gasteiger partial charge on any atom is 0.165 e. The fraction of sp³-hybridized carbons (Fsp3) is 0.100. The summed E-state index contributed by atoms with van der Waals surface area (Å²) in [5.74, 6) is 0.864. The Morgan fingerprint density at radius 3 is 2.52 bits per heavy atom. The van der Waals surface area contributed by atoms with E-state index in [1.165, 1.54) is 0 Å². The van der Waals surface area contributed by atoms with Crippen molar-refractivity contribution < 1.29 is 0 Å². The molecule has 4 rings (SSSR count). The highest BCUT2D eigenvalue weighted by atomic mass is 35.5. The van der Waals surface area contributed by atoms with E-state index in [-0.39, 0.29) is 0 Å². The van der Waals surface area contributed by atoms with Gasteiger partial charge < -0.3 is 5.32 Å². The highest BCUT2D eigenvalue weighted by molar-refractivity contribution is 6.33. The highest BCUT2D eigenvalue weighted by Crippen LogP contribution is 2.32. The predicted octanol–water partition coefficient (Wildman–Crippen LogP) is 5.41. The number of hydrogen-bond acceptors (Lipinski definition) is 3. The average Bonchev–Trinajstić information content (AvgIpc) is 2.99. The summed E-state index contributed by atoms with van der Waals surface area (Å²) in [5.41, 5.74) is 5.68. The molecule has 0 spiro atoms. The van der Waals surface area contributed by atoms with Gasteiger partial charge in [0.2, 0.25) is 0 Å². The molecule has 4 aromatic rings. The van der Waals surface area contributed by atoms with E-state index in [0.29, 0.717) is 5.02 Å². The van der Waals surface area contributed by atoms with Crippen molar-refractivity contribution in [3.8, 4) is 11.1 Å². The minimum atomic E-state index is 0.704. The SMILES string of the molecule is Cc1ccc(-c2cnn3c(Nc4ccccc4)cc(C)nc23)c(Cl)c1. The minimum Gasteiger partial charge on any atom is -0.340 e. The molecule has 0 amide bonds. The maximum atomic E-state index is 6.45. The molecule has 124 valence electrons. The Morgan fingerprint density at radius 1 is 0.960 bits per heavy atom. The maximum absolute atomic E-state index is 6.45. The van der Waals surface area contributed by atoms with Crippen LogP contribution in [0.15, 0.2) is 60.8 Å². The van der Waals surface area contributed by atoms with Crippen molar-refractivity contribution in [3.63, 3.8) is 0 Å². The summed E-state index contributed by atoms with van der Waals surface area (Å²) in [6, 6.07) is 18.0. The number of aromatic nitrogens is 3. The smallest absolute Gasteiger partial charge is 0.165 e. The van der Waals surface area contributed by atoms with E-state index in [1.807, 2.05) is 79.2 Å². The Balaban J connectivity index is 1.86. The van der Waals surface area contributed by atoms with E-state index in [0.717, 1.165) is 39.5 Å². The van der Waals surface area contributed by atoms with Crippen LogP contribution in [-0.4, -0.2) is 14.6 Å². The van der Waals surface area contributed by atoms with Crippen LogP contribution < -0.4 is 5.32 Å². The third-order valence-corrected chi connectivity index (χ3v) is 4.37. The molecule has 0 aliphatic carbocycles. The third kappa shape index (κ3) is 2.96. The summed E-state index contributed by atoms with van der Waals surface area (Å²) in [6.07, 6.45) is 1.81. The molecule has 0 aliphatic heterocycles. The van der Waals surface area contributed by atoms with Crippen molar-refractivity contribution in [2.75, 3.05) is 5.32 Å². The summed E-state index contributed by atoms with van der Waals surface area (Å²) in [6.45, 7) is 4.00. The summed E-state index contributed by atoms with van der Waals surface area (Å²) < 4.78 is 1.81. The number of anilines is 2. The summed E-state index contributed by atoms with van der Waals surface area (Å²) in [4.78, 5) is 4.68. The largest absolute Gasteiger partial charge is 0.340 e. The second kappa shape index (κ2) is 6.22. The van der Waals surface area contributed by atoms with Gasteiger partial charge in [0.05, 0.1) is 6.20 Å². The van der Waals surface area contributed by atoms with Crippen LogP contribution in [-0.2, 0) is 0 Å². The van der Waals surface area contributed by atoms with Crippen molar-refractivity contribution >= 4 is 28.8 Å². The Hall–Kier alpha value is -2.85. The first-order chi connectivity index (χ1) is 12.1. The zero-order valence-corrected chi connectivity index (χ0v) is 14.7. The number of fused-ring (bicyclic) bond motifs is 1. The molecule has 0 saturated carbocycles. The lowest BCUT2D eigenvalue weighted by molar-refractivity contribution is 0.938. The molecule has 0 aliphatic rings. The highest BCUT2D eigenvalue weighted by Gasteiger charge is 2.14. The van der Waals surface area contributed by atoms with Gasteiger partial charge in [0.15, 0.2) is 5.65 Å². The molecule has 2 aromatic heterocycles. The molecule has 0 saturated heterocycles. The number of benzene rings is 2. The molecule has 1 N–H and O–H groups in total. The van der Waals surface area contributed by atoms with E-state index in [4.69, 9.17) is 11.6 Å². The molecule has 0 radical (unpaired) electrons. The Morgan fingerprint density at radius 2 is 1.76 bits per heavy atom. The van der Waals surface area contributed by atoms with Gasteiger partial charge in [0.1, 0.15) is 5.82 Å². The van der Waals surface area contributed by atoms with Crippen LogP contribution in [0.2, 0.25) is 5.02 Å². The zero-order valence-electron chi connectivity index (χ0n) is 14.0. The van der Waals surface area contributed by atoms with Gasteiger partial charge in [-0.05, 0) is 37.6 Å². The van der Waals surface area contributed by atoms with Crippen LogP contribution in [0.5, 0.6) is 0 Å². The summed E-state index contributed by atoms with van der Waals surface area (Å²) >= 11 is 6.45. The molecule has 2 aromatic carbocycles. The number of hydrogen-bond donors (Lipinski definition) is 1. The van der Waals surface area contributed by atoms with Gasteiger partial charge in [-0.25, -0.2) is 4.98 Å². The van der Waals surface area contributed by atoms with Gasteiger partial charge in [-0.15, -0.1) is 0 Å². The summed E-state index contributed by atoms with van der Waals surface area (Å²) in [5, 5.41) is 8.64. The molecule has 0 fully saturated rings. The van der Waals surface area contributed by atoms with Crippen LogP contribution in [0.25, 0.3) is 16.8 Å². The molecule has 5 heteroatoms. The Kier molecular flexibility index (Phi) is 3.90. The first kappa shape index (κ1) is 15.7. The van der Waals surface area contributed by atoms with Crippen molar-refractivity contribution in [3.05, 3.63) is 77.1 Å². The van der Waals surface area contributed by atoms with Gasteiger partial charge in [-0.3, -0.25) is 0 Å². The Labute approximate surface area is 151 Å². The lowest BCUT2D eigenvalue weighted by Crippen LogP contribution is -2.02. The number of para-hydroxylation sites is 1. The van der Waals surface area contributed by atoms with Crippen LogP contribution >= 0.6 is 11.6 Å². The monoisotopic (exact) mass is 348 g/mol. The molecule has 25 heavy (non-hydrogen) atoms. The van der Waals surface area contributed by atoms with E-state index in [2.05, 4.69) is 15.4 Å². The van der Waals surface area contributed by atoms with Crippen molar-refractivity contribution in [2.24, 2.45) is 0 Å². The van der Waals surface area contributed by atoms with Gasteiger partial charge in [0.25, 0.3) is 0 Å². The molecule has 0 unspecified atom stereocenters. The van der Waals surface area contributed by atoms with Crippen LogP contribution in [0.4, 0.5) is 11.5 Å². The van der Waals surface area contributed by atoms with E-state index < -0.39 is 0 Å². The van der Waals surface area contributed by atoms with Gasteiger partial charge in [-0.2, -0.15) is 9.61 Å². The molecular weight excluding hydrogens is 332 g/mol. The molecule has 0 atom stereocenters. The number of nitrogens with zero attached hydrogens (tertiary/aromatic N) is 3. The number of rotatable bonds is 3. The summed E-state index contributed by atoms with van der Waals surface area (Å²) in [7, 11) is 0. The topological polar surface area (TPSA) is 42.2 Å². The second-order valence-electron chi connectivity index (χ2n) is 6.05. The lowest BCUT2D eigenvalue weighted by Gasteiger charge is -2.10. The number of halogens is 1. The zero-order chi connectivity index (χ0) is 17.4. The number of nitrogens with one attached hydrogen (secondary N) is 1. The van der Waals surface area contributed by atoms with E-state index >= 15 is 0 Å². The van der Waals surface area contributed by atoms with Crippen LogP contribution in [0.1, 0.15) is 11.3 Å². The number of aryl methyl sites for hydroxylation is 2. The fourth-order valence-corrected chi connectivity index (χ4v) is 3.21. The normalized spacial score (nSPS) is 11.0. The first-order valence-corrected chi connectivity index (χ1v) is 8.43. The van der Waals surface area contributed by atoms with Gasteiger partial charge in [-0.1, -0.05) is 41.9 Å². The molecule has 4 nitrogen and oxygen atoms in total. The molecule has 2 heterocycles. The van der Waals surface area contributed by atoms with Crippen molar-refractivity contribution in [2.45, 2.75) is 13.8 Å². The standard InChI is InChI=1S/C20H17ClN4/c1-13-8-9-16(18(21)10-13)17-12-22-25-19(11-14(2)23-20(17)25)24-15-6-4-3-5-7-15/h3-12,24H,1-2H3. The molecule has 0 bridgehead atoms. The van der Waals surface area contributed by atoms with Crippen molar-refractivity contribution in [1.82, 2.24) is 14.6 Å². The lowest BCUT2D eigenvalue weighted by atomic mass is 10.1. The predicted molar refractivity (Wildman–Crippen MR) is 103 cm³/mol. The average molecular weight is 349 g/mol. The first-order valence-electron chi connectivity index (χ1n) is 8.06. The van der Waals surface area contributed by atoms with Crippen LogP contribution in [0, 0.1) is 13.8 Å². The van der Waals surface area contributed by atoms with E-state index in [1.54, 1.807) is 0 Å². The quantitative estimate of drug-likeness (QED) is 0.538. The third-order valence-electron chi connectivity index (χ3n) is 4.06. The van der Waals surface area contributed by atoms with Gasteiger partial charge >= 0.3 is 0 Å². The van der Waals surface area contributed by atoms with Crippen LogP contribution in [0.3, 0.4) is 0 Å². The molecular formula is C20H17ClN4. The Bertz CT molecular complexity index is 1050. The fourth-order valence-electron chi connectivity index (χ4n) is 2.87. The second-order valence-corrected chi connectivity index (χ2v) is 6.46.